The summed E-state index contributed by atoms with van der Waals surface area (Å²) < 4.78 is 57.5. The molecule has 0 bridgehead atoms. The van der Waals surface area contributed by atoms with Crippen LogP contribution in [-0.4, -0.2) is 56.2 Å². The van der Waals surface area contributed by atoms with E-state index in [1.165, 1.54) is 95.4 Å². The zero-order chi connectivity index (χ0) is 31.6. The number of hydrogen-bond acceptors (Lipinski definition) is 9. The Morgan fingerprint density at radius 1 is 0.976 bits per heavy atom. The van der Waals surface area contributed by atoms with Gasteiger partial charge in [-0.2, -0.15) is 16.8 Å². The van der Waals surface area contributed by atoms with Gasteiger partial charge in [0.15, 0.2) is 0 Å². The number of methoxy groups -OCH3 is 1. The Morgan fingerprint density at radius 3 is 1.68 bits per heavy atom. The van der Waals surface area contributed by atoms with E-state index in [9.17, 15) is 13.2 Å². The molecule has 3 saturated carbocycles. The summed E-state index contributed by atoms with van der Waals surface area (Å²) >= 11 is 0. The van der Waals surface area contributed by atoms with E-state index in [1.807, 2.05) is 0 Å². The van der Waals surface area contributed by atoms with Crippen LogP contribution in [0.5, 0.6) is 0 Å². The smallest absolute Gasteiger partial charge is 0.394 e. The number of rotatable bonds is 3. The molecule has 0 atom stereocenters. The summed E-state index contributed by atoms with van der Waals surface area (Å²) in [5, 5.41) is 3.46. The zero-order valence-electron chi connectivity index (χ0n) is 23.9. The van der Waals surface area contributed by atoms with Gasteiger partial charge in [-0.25, -0.2) is 4.79 Å². The number of halogens is 1. The van der Waals surface area contributed by atoms with E-state index < -0.39 is 19.6 Å². The zero-order valence-corrected chi connectivity index (χ0v) is 26.3. The third kappa shape index (κ3) is 22.5. The number of esters is 1. The summed E-state index contributed by atoms with van der Waals surface area (Å²) in [6.07, 6.45) is 21.7. The van der Waals surface area contributed by atoms with Crippen LogP contribution in [0.4, 0.5) is 0 Å². The molecule has 5 N–H and O–H groups in total. The highest BCUT2D eigenvalue weighted by molar-refractivity contribution is 8.12. The summed E-state index contributed by atoms with van der Waals surface area (Å²) in [5.41, 5.74) is 9.00. The lowest BCUT2D eigenvalue weighted by Crippen LogP contribution is -2.55. The van der Waals surface area contributed by atoms with Crippen LogP contribution in [0.2, 0.25) is 0 Å². The Hall–Kier alpha value is -1.80. The summed E-state index contributed by atoms with van der Waals surface area (Å²) in [7, 11) is -2.88. The fourth-order valence-corrected chi connectivity index (χ4v) is 5.36. The first kappa shape index (κ1) is 39.2. The number of isocyanates is 1. The van der Waals surface area contributed by atoms with E-state index in [0.717, 1.165) is 31.8 Å². The number of nitrogens with one attached hydrogen (secondary N) is 1. The molecule has 4 rings (SSSR count). The molecule has 0 aromatic rings. The number of nitrogens with two attached hydrogens (primary N) is 1. The van der Waals surface area contributed by atoms with Crippen LogP contribution in [0, 0.1) is 0 Å². The number of carbonyl (C=O) groups excluding carboxylic acids is 2. The average molecular weight is 644 g/mol. The van der Waals surface area contributed by atoms with Crippen LogP contribution >= 0.6 is 10.7 Å². The van der Waals surface area contributed by atoms with Crippen molar-refractivity contribution >= 4 is 42.4 Å². The molecule has 12 nitrogen and oxygen atoms in total. The SMILES string of the molecule is C=C1CC2(CCCCC2)N1.C=C1CCCCC1.COC(=O)CC1(N)CCCCC1.O=C=NS(=O)(=O)Cl.O=S(=O)(O)O. The van der Waals surface area contributed by atoms with Crippen LogP contribution in [0.1, 0.15) is 109 Å². The molecule has 41 heavy (non-hydrogen) atoms. The van der Waals surface area contributed by atoms with E-state index in [1.54, 1.807) is 0 Å². The Balaban J connectivity index is 0.000000505. The van der Waals surface area contributed by atoms with Crippen LogP contribution in [-0.2, 0) is 34.0 Å². The number of ether oxygens (including phenoxy) is 1. The van der Waals surface area contributed by atoms with Gasteiger partial charge in [-0.15, -0.1) is 0 Å². The first-order chi connectivity index (χ1) is 18.9. The molecular formula is C26H46ClN3O9S2. The Labute approximate surface area is 249 Å². The molecule has 4 aliphatic rings. The maximum absolute atomic E-state index is 11.0. The molecule has 4 fully saturated rings. The van der Waals surface area contributed by atoms with Gasteiger partial charge in [0.25, 0.3) is 6.08 Å². The van der Waals surface area contributed by atoms with Gasteiger partial charge in [-0.1, -0.05) is 68.1 Å². The molecule has 0 amide bonds. The van der Waals surface area contributed by atoms with Crippen molar-refractivity contribution in [2.75, 3.05) is 7.11 Å². The number of nitrogens with zero attached hydrogens (tertiary/aromatic N) is 1. The lowest BCUT2D eigenvalue weighted by atomic mass is 9.73. The highest BCUT2D eigenvalue weighted by Crippen LogP contribution is 2.39. The highest BCUT2D eigenvalue weighted by Gasteiger charge is 2.39. The average Bonchev–Trinajstić information content (AvgIpc) is 2.84. The second-order valence-corrected chi connectivity index (χ2v) is 13.8. The van der Waals surface area contributed by atoms with Gasteiger partial charge in [-0.3, -0.25) is 13.9 Å². The van der Waals surface area contributed by atoms with Gasteiger partial charge in [-0.05, 0) is 51.4 Å². The van der Waals surface area contributed by atoms with E-state index in [0.29, 0.717) is 12.0 Å². The second-order valence-electron chi connectivity index (χ2n) is 10.8. The van der Waals surface area contributed by atoms with E-state index >= 15 is 0 Å². The lowest BCUT2D eigenvalue weighted by molar-refractivity contribution is -0.142. The first-order valence-corrected chi connectivity index (χ1v) is 17.3. The molecule has 1 spiro atoms. The molecular weight excluding hydrogens is 598 g/mol. The Bertz CT molecular complexity index is 1070. The quantitative estimate of drug-likeness (QED) is 0.0798. The van der Waals surface area contributed by atoms with Crippen LogP contribution in [0.15, 0.2) is 28.8 Å². The third-order valence-electron chi connectivity index (χ3n) is 7.08. The van der Waals surface area contributed by atoms with E-state index in [4.69, 9.17) is 28.1 Å². The standard InChI is InChI=1S/C9H17NO2.C9H15N.C7H12.CClNO3S.H2O4S/c1-12-8(11)7-9(10)5-3-2-4-6-9;1-8-7-9(10-8)5-3-2-4-6-9;1-7-5-3-2-4-6-7;2-7(5,6)3-1-4;1-5(2,3)4/h2-7,10H2,1H3;10H,1-7H2;1-6H2;;(H2,1,2,3,4). The minimum absolute atomic E-state index is 0.181. The molecule has 0 aromatic heterocycles. The molecule has 1 aliphatic heterocycles. The number of carbonyl (C=O) groups is 1. The molecule has 3 aliphatic carbocycles. The Morgan fingerprint density at radius 2 is 1.39 bits per heavy atom. The first-order valence-electron chi connectivity index (χ1n) is 13.6. The lowest BCUT2D eigenvalue weighted by Gasteiger charge is -2.48. The normalized spacial score (nSPS) is 20.5. The summed E-state index contributed by atoms with van der Waals surface area (Å²) in [5.74, 6) is -0.181. The van der Waals surface area contributed by atoms with E-state index in [2.05, 4.69) is 38.3 Å². The topological polar surface area (TPSA) is 203 Å². The summed E-state index contributed by atoms with van der Waals surface area (Å²) in [6, 6.07) is 0. The minimum atomic E-state index is -4.67. The molecule has 15 heteroatoms. The maximum Gasteiger partial charge on any atom is 0.394 e. The molecule has 1 heterocycles. The van der Waals surface area contributed by atoms with Gasteiger partial charge >= 0.3 is 25.6 Å². The molecule has 238 valence electrons. The predicted molar refractivity (Wildman–Crippen MR) is 159 cm³/mol. The van der Waals surface area contributed by atoms with Crippen LogP contribution < -0.4 is 11.1 Å². The largest absolute Gasteiger partial charge is 0.469 e. The molecule has 0 unspecified atom stereocenters. The summed E-state index contributed by atoms with van der Waals surface area (Å²) in [6.45, 7) is 7.81. The predicted octanol–water partition coefficient (Wildman–Crippen LogP) is 5.07. The fourth-order valence-electron chi connectivity index (χ4n) is 5.18. The van der Waals surface area contributed by atoms with Crippen molar-refractivity contribution in [3.63, 3.8) is 0 Å². The summed E-state index contributed by atoms with van der Waals surface area (Å²) in [4.78, 5) is 20.0. The molecule has 0 radical (unpaired) electrons. The van der Waals surface area contributed by atoms with Gasteiger partial charge < -0.3 is 15.8 Å². The maximum atomic E-state index is 11.0. The van der Waals surface area contributed by atoms with Crippen molar-refractivity contribution in [1.29, 1.82) is 0 Å². The molecule has 0 aromatic carbocycles. The Kier molecular flexibility index (Phi) is 18.5. The van der Waals surface area contributed by atoms with E-state index in [-0.39, 0.29) is 11.5 Å². The highest BCUT2D eigenvalue weighted by atomic mass is 35.7. The minimum Gasteiger partial charge on any atom is -0.469 e. The van der Waals surface area contributed by atoms with Crippen molar-refractivity contribution in [3.8, 4) is 0 Å². The van der Waals surface area contributed by atoms with Crippen molar-refractivity contribution in [2.24, 2.45) is 10.1 Å². The second kappa shape index (κ2) is 19.4. The van der Waals surface area contributed by atoms with Gasteiger partial charge in [0.2, 0.25) is 0 Å². The monoisotopic (exact) mass is 643 g/mol. The third-order valence-corrected chi connectivity index (χ3v) is 7.58. The number of hydrogen-bond donors (Lipinski definition) is 4. The van der Waals surface area contributed by atoms with Crippen molar-refractivity contribution in [2.45, 2.75) is 120 Å². The molecule has 1 saturated heterocycles. The van der Waals surface area contributed by atoms with Crippen molar-refractivity contribution in [3.05, 3.63) is 24.4 Å². The van der Waals surface area contributed by atoms with Crippen LogP contribution in [0.3, 0.4) is 0 Å². The van der Waals surface area contributed by atoms with Crippen molar-refractivity contribution < 1.29 is 40.3 Å². The van der Waals surface area contributed by atoms with Gasteiger partial charge in [0.1, 0.15) is 0 Å². The van der Waals surface area contributed by atoms with Gasteiger partial charge in [0.05, 0.1) is 13.5 Å². The fraction of sp³-hybridized carbons (Fsp3) is 0.769. The van der Waals surface area contributed by atoms with Crippen LogP contribution in [0.25, 0.3) is 0 Å². The van der Waals surface area contributed by atoms with Gasteiger partial charge in [0, 0.05) is 33.9 Å². The number of allylic oxidation sites excluding steroid dienone is 1. The van der Waals surface area contributed by atoms with Crippen molar-refractivity contribution in [1.82, 2.24) is 5.32 Å².